The van der Waals surface area contributed by atoms with E-state index in [2.05, 4.69) is 4.74 Å². The molecule has 27 heavy (non-hydrogen) atoms. The molecule has 2 heterocycles. The highest BCUT2D eigenvalue weighted by molar-refractivity contribution is 5.95. The smallest absolute Gasteiger partial charge is 0.480 e. The number of carbonyl (C=O) groups is 2. The topological polar surface area (TPSA) is 80.0 Å². The highest BCUT2D eigenvalue weighted by Gasteiger charge is 2.35. The summed E-state index contributed by atoms with van der Waals surface area (Å²) < 4.78 is 47.1. The molecule has 9 heteroatoms. The van der Waals surface area contributed by atoms with E-state index >= 15 is 0 Å². The molecule has 2 aromatic rings. The lowest BCUT2D eigenvalue weighted by molar-refractivity contribution is -0.274. The van der Waals surface area contributed by atoms with Gasteiger partial charge in [-0.2, -0.15) is 0 Å². The molecule has 1 N–H and O–H groups in total. The van der Waals surface area contributed by atoms with Gasteiger partial charge < -0.3 is 19.2 Å². The van der Waals surface area contributed by atoms with Crippen LogP contribution in [0.2, 0.25) is 0 Å². The van der Waals surface area contributed by atoms with Gasteiger partial charge in [0.05, 0.1) is 5.56 Å². The van der Waals surface area contributed by atoms with Gasteiger partial charge in [-0.1, -0.05) is 12.1 Å². The molecule has 6 nitrogen and oxygen atoms in total. The van der Waals surface area contributed by atoms with Crippen molar-refractivity contribution in [2.24, 2.45) is 0 Å². The Morgan fingerprint density at radius 3 is 2.59 bits per heavy atom. The van der Waals surface area contributed by atoms with E-state index in [4.69, 9.17) is 4.42 Å². The van der Waals surface area contributed by atoms with Crippen molar-refractivity contribution < 1.29 is 37.0 Å². The molecule has 1 atom stereocenters. The fraction of sp³-hybridized carbons (Fsp3) is 0.333. The van der Waals surface area contributed by atoms with E-state index in [0.717, 1.165) is 6.07 Å². The van der Waals surface area contributed by atoms with Gasteiger partial charge in [-0.3, -0.25) is 4.79 Å². The summed E-state index contributed by atoms with van der Waals surface area (Å²) in [5, 5.41) is 9.28. The standard InChI is InChI=1S/C18H16F3NO5/c19-18(20,21)27-14-7-2-1-5-11(14)13-8-9-15(26-13)16(23)22-10-4-3-6-12(22)17(24)25/h1-2,5,7-9,12H,3-4,6,10H2,(H,24,25)/t12-/m1/s1. The number of ether oxygens (including phenoxy) is 1. The van der Waals surface area contributed by atoms with Gasteiger partial charge in [0.15, 0.2) is 5.76 Å². The average molecular weight is 383 g/mol. The van der Waals surface area contributed by atoms with E-state index in [1.165, 1.54) is 35.2 Å². The highest BCUT2D eigenvalue weighted by atomic mass is 19.4. The van der Waals surface area contributed by atoms with Gasteiger partial charge in [-0.05, 0) is 43.5 Å². The minimum Gasteiger partial charge on any atom is -0.480 e. The number of piperidine rings is 1. The normalized spacial score (nSPS) is 17.6. The van der Waals surface area contributed by atoms with Crippen LogP contribution in [0.15, 0.2) is 40.8 Å². The third-order valence-corrected chi connectivity index (χ3v) is 4.24. The number of alkyl halides is 3. The molecule has 1 amide bonds. The molecule has 1 fully saturated rings. The Bertz CT molecular complexity index is 846. The zero-order valence-corrected chi connectivity index (χ0v) is 14.0. The average Bonchev–Trinajstić information content (AvgIpc) is 3.10. The van der Waals surface area contributed by atoms with Crippen LogP contribution in [-0.2, 0) is 4.79 Å². The number of para-hydroxylation sites is 1. The molecule has 1 aromatic heterocycles. The van der Waals surface area contributed by atoms with Crippen molar-refractivity contribution in [3.8, 4) is 17.1 Å². The zero-order valence-electron chi connectivity index (χ0n) is 14.0. The van der Waals surface area contributed by atoms with Crippen LogP contribution in [0.25, 0.3) is 11.3 Å². The number of rotatable bonds is 4. The van der Waals surface area contributed by atoms with Crippen LogP contribution in [0.4, 0.5) is 13.2 Å². The summed E-state index contributed by atoms with van der Waals surface area (Å²) in [6.45, 7) is 0.277. The minimum absolute atomic E-state index is 0.0158. The summed E-state index contributed by atoms with van der Waals surface area (Å²) in [5.41, 5.74) is 0.0299. The molecule has 144 valence electrons. The second-order valence-electron chi connectivity index (χ2n) is 6.06. The second kappa shape index (κ2) is 7.34. The fourth-order valence-corrected chi connectivity index (χ4v) is 3.05. The maximum atomic E-state index is 12.6. The highest BCUT2D eigenvalue weighted by Crippen LogP contribution is 2.35. The lowest BCUT2D eigenvalue weighted by Crippen LogP contribution is -2.47. The van der Waals surface area contributed by atoms with Gasteiger partial charge in [0.2, 0.25) is 0 Å². The molecule has 0 unspecified atom stereocenters. The number of carboxylic acids is 1. The maximum absolute atomic E-state index is 12.6. The quantitative estimate of drug-likeness (QED) is 0.866. The molecule has 0 spiro atoms. The first-order chi connectivity index (χ1) is 12.8. The Morgan fingerprint density at radius 1 is 1.15 bits per heavy atom. The third-order valence-electron chi connectivity index (χ3n) is 4.24. The lowest BCUT2D eigenvalue weighted by atomic mass is 10.0. The van der Waals surface area contributed by atoms with E-state index in [1.54, 1.807) is 0 Å². The summed E-state index contributed by atoms with van der Waals surface area (Å²) in [5.74, 6) is -2.29. The zero-order chi connectivity index (χ0) is 19.6. The number of benzene rings is 1. The summed E-state index contributed by atoms with van der Waals surface area (Å²) in [6, 6.07) is 7.12. The van der Waals surface area contributed by atoms with Gasteiger partial charge in [-0.15, -0.1) is 13.2 Å². The van der Waals surface area contributed by atoms with Gasteiger partial charge in [-0.25, -0.2) is 4.79 Å². The van der Waals surface area contributed by atoms with Gasteiger partial charge in [0, 0.05) is 6.54 Å². The van der Waals surface area contributed by atoms with Gasteiger partial charge >= 0.3 is 12.3 Å². The molecule has 1 aliphatic rings. The number of furan rings is 1. The Hall–Kier alpha value is -2.97. The first kappa shape index (κ1) is 18.8. The summed E-state index contributed by atoms with van der Waals surface area (Å²) in [4.78, 5) is 25.2. The predicted molar refractivity (Wildman–Crippen MR) is 87.1 cm³/mol. The number of nitrogens with zero attached hydrogens (tertiary/aromatic N) is 1. The first-order valence-electron chi connectivity index (χ1n) is 8.25. The van der Waals surface area contributed by atoms with Gasteiger partial charge in [0.1, 0.15) is 17.6 Å². The van der Waals surface area contributed by atoms with Crippen LogP contribution >= 0.6 is 0 Å². The molecule has 1 aromatic carbocycles. The number of hydrogen-bond acceptors (Lipinski definition) is 4. The molecule has 0 radical (unpaired) electrons. The predicted octanol–water partition coefficient (Wildman–Crippen LogP) is 3.92. The molecule has 0 bridgehead atoms. The largest absolute Gasteiger partial charge is 0.573 e. The summed E-state index contributed by atoms with van der Waals surface area (Å²) >= 11 is 0. The van der Waals surface area contributed by atoms with Crippen LogP contribution in [0, 0.1) is 0 Å². The van der Waals surface area contributed by atoms with Crippen LogP contribution in [0.5, 0.6) is 5.75 Å². The Kier molecular flexibility index (Phi) is 5.11. The molecule has 0 saturated carbocycles. The molecular weight excluding hydrogens is 367 g/mol. The van der Waals surface area contributed by atoms with Gasteiger partial charge in [0.25, 0.3) is 5.91 Å². The first-order valence-corrected chi connectivity index (χ1v) is 8.25. The molecule has 3 rings (SSSR count). The van der Waals surface area contributed by atoms with E-state index in [0.29, 0.717) is 19.3 Å². The lowest BCUT2D eigenvalue weighted by Gasteiger charge is -2.32. The molecule has 1 saturated heterocycles. The minimum atomic E-state index is -4.87. The van der Waals surface area contributed by atoms with Crippen LogP contribution in [0.1, 0.15) is 29.8 Å². The number of likely N-dealkylation sites (tertiary alicyclic amines) is 1. The van der Waals surface area contributed by atoms with Crippen molar-refractivity contribution in [1.29, 1.82) is 0 Å². The number of hydrogen-bond donors (Lipinski definition) is 1. The SMILES string of the molecule is O=C(O)[C@H]1CCCCN1C(=O)c1ccc(-c2ccccc2OC(F)(F)F)o1. The van der Waals surface area contributed by atoms with Crippen LogP contribution in [0.3, 0.4) is 0 Å². The van der Waals surface area contributed by atoms with Crippen molar-refractivity contribution in [2.45, 2.75) is 31.7 Å². The molecule has 1 aliphatic heterocycles. The summed E-state index contributed by atoms with van der Waals surface area (Å²) in [7, 11) is 0. The van der Waals surface area contributed by atoms with E-state index in [1.807, 2.05) is 0 Å². The number of aliphatic carboxylic acids is 1. The van der Waals surface area contributed by atoms with Crippen molar-refractivity contribution in [1.82, 2.24) is 4.90 Å². The second-order valence-corrected chi connectivity index (χ2v) is 6.06. The number of carbonyl (C=O) groups excluding carboxylic acids is 1. The van der Waals surface area contributed by atoms with Crippen molar-refractivity contribution in [2.75, 3.05) is 6.54 Å². The van der Waals surface area contributed by atoms with E-state index in [-0.39, 0.29) is 23.6 Å². The molecular formula is C18H16F3NO5. The number of amides is 1. The van der Waals surface area contributed by atoms with Crippen molar-refractivity contribution in [3.05, 3.63) is 42.2 Å². The van der Waals surface area contributed by atoms with Crippen LogP contribution in [-0.4, -0.2) is 40.8 Å². The number of carboxylic acid groups (broad SMARTS) is 1. The maximum Gasteiger partial charge on any atom is 0.573 e. The Labute approximate surface area is 152 Å². The monoisotopic (exact) mass is 383 g/mol. The van der Waals surface area contributed by atoms with E-state index in [9.17, 15) is 27.9 Å². The number of halogens is 3. The van der Waals surface area contributed by atoms with Crippen LogP contribution < -0.4 is 4.74 Å². The fourth-order valence-electron chi connectivity index (χ4n) is 3.05. The third kappa shape index (κ3) is 4.24. The Morgan fingerprint density at radius 2 is 1.89 bits per heavy atom. The van der Waals surface area contributed by atoms with Crippen molar-refractivity contribution >= 4 is 11.9 Å². The van der Waals surface area contributed by atoms with E-state index < -0.39 is 30.0 Å². The summed E-state index contributed by atoms with van der Waals surface area (Å²) in [6.07, 6.45) is -3.15. The Balaban J connectivity index is 1.87. The molecule has 0 aliphatic carbocycles. The van der Waals surface area contributed by atoms with Crippen molar-refractivity contribution in [3.63, 3.8) is 0 Å².